The molecule has 0 aliphatic carbocycles. The molecule has 108 valence electrons. The van der Waals surface area contributed by atoms with E-state index in [0.717, 1.165) is 29.9 Å². The Morgan fingerprint density at radius 2 is 1.86 bits per heavy atom. The second-order valence-corrected chi connectivity index (χ2v) is 5.07. The van der Waals surface area contributed by atoms with E-state index in [9.17, 15) is 0 Å². The molecule has 0 radical (unpaired) electrons. The average Bonchev–Trinajstić information content (AvgIpc) is 2.52. The molecule has 0 atom stereocenters. The summed E-state index contributed by atoms with van der Waals surface area (Å²) in [7, 11) is 4.03. The molecule has 0 unspecified atom stereocenters. The number of hydrogen-bond acceptors (Lipinski definition) is 4. The Kier molecular flexibility index (Phi) is 4.78. The summed E-state index contributed by atoms with van der Waals surface area (Å²) in [5.74, 6) is 0.661. The fourth-order valence-corrected chi connectivity index (χ4v) is 2.02. The molecule has 0 bridgehead atoms. The van der Waals surface area contributed by atoms with E-state index in [1.807, 2.05) is 38.4 Å². The van der Waals surface area contributed by atoms with Crippen molar-refractivity contribution in [3.05, 3.63) is 42.0 Å². The van der Waals surface area contributed by atoms with Crippen LogP contribution < -0.4 is 10.2 Å². The van der Waals surface area contributed by atoms with Gasteiger partial charge < -0.3 is 10.2 Å². The number of hydrogen-bond donors (Lipinski definition) is 1. The van der Waals surface area contributed by atoms with Gasteiger partial charge in [-0.05, 0) is 30.7 Å². The van der Waals surface area contributed by atoms with Gasteiger partial charge in [0, 0.05) is 31.9 Å². The van der Waals surface area contributed by atoms with Crippen molar-refractivity contribution < 1.29 is 0 Å². The normalized spacial score (nSPS) is 10.0. The van der Waals surface area contributed by atoms with Crippen LogP contribution in [0.1, 0.15) is 18.9 Å². The first-order chi connectivity index (χ1) is 10.2. The van der Waals surface area contributed by atoms with Gasteiger partial charge in [0.2, 0.25) is 0 Å². The highest BCUT2D eigenvalue weighted by Gasteiger charge is 2.07. The van der Waals surface area contributed by atoms with Crippen molar-refractivity contribution in [2.24, 2.45) is 0 Å². The Morgan fingerprint density at radius 1 is 1.14 bits per heavy atom. The van der Waals surface area contributed by atoms with E-state index in [-0.39, 0.29) is 0 Å². The molecule has 0 saturated heterocycles. The molecule has 1 aromatic carbocycles. The van der Waals surface area contributed by atoms with Crippen LogP contribution in [0.25, 0.3) is 11.3 Å². The minimum absolute atomic E-state index is 0.581. The van der Waals surface area contributed by atoms with Crippen molar-refractivity contribution >= 4 is 11.5 Å². The summed E-state index contributed by atoms with van der Waals surface area (Å²) in [6.07, 6.45) is 0.994. The van der Waals surface area contributed by atoms with Gasteiger partial charge in [-0.1, -0.05) is 19.1 Å². The Balaban J connectivity index is 2.33. The molecule has 0 aliphatic heterocycles. The molecule has 0 amide bonds. The van der Waals surface area contributed by atoms with Crippen LogP contribution in [0.5, 0.6) is 0 Å². The summed E-state index contributed by atoms with van der Waals surface area (Å²) in [5, 5.41) is 12.4. The summed E-state index contributed by atoms with van der Waals surface area (Å²) in [6.45, 7) is 2.90. The van der Waals surface area contributed by atoms with Crippen molar-refractivity contribution in [3.8, 4) is 17.3 Å². The molecule has 0 aliphatic rings. The van der Waals surface area contributed by atoms with Crippen molar-refractivity contribution in [2.75, 3.05) is 30.9 Å². The predicted octanol–water partition coefficient (Wildman–Crippen LogP) is 3.51. The maximum absolute atomic E-state index is 9.14. The lowest BCUT2D eigenvalue weighted by molar-refractivity contribution is 0.968. The highest BCUT2D eigenvalue weighted by molar-refractivity contribution is 5.66. The third-order valence-electron chi connectivity index (χ3n) is 3.24. The topological polar surface area (TPSA) is 52.0 Å². The number of pyridine rings is 1. The molecule has 4 heteroatoms. The van der Waals surface area contributed by atoms with Gasteiger partial charge in [-0.3, -0.25) is 0 Å². The molecular formula is C17H20N4. The van der Waals surface area contributed by atoms with E-state index in [2.05, 4.69) is 40.3 Å². The van der Waals surface area contributed by atoms with Crippen LogP contribution >= 0.6 is 0 Å². The molecule has 0 saturated carbocycles. The number of rotatable bonds is 5. The summed E-state index contributed by atoms with van der Waals surface area (Å²) < 4.78 is 0. The van der Waals surface area contributed by atoms with Gasteiger partial charge in [0.25, 0.3) is 0 Å². The van der Waals surface area contributed by atoms with E-state index in [4.69, 9.17) is 5.26 Å². The Labute approximate surface area is 126 Å². The van der Waals surface area contributed by atoms with Gasteiger partial charge in [-0.15, -0.1) is 0 Å². The van der Waals surface area contributed by atoms with Crippen LogP contribution in [-0.4, -0.2) is 25.6 Å². The summed E-state index contributed by atoms with van der Waals surface area (Å²) >= 11 is 0. The lowest BCUT2D eigenvalue weighted by Gasteiger charge is -2.13. The SMILES string of the molecule is CCCNc1nc(-c2ccc(N(C)C)cc2)ccc1C#N. The number of aromatic nitrogens is 1. The van der Waals surface area contributed by atoms with Crippen LogP contribution in [0.2, 0.25) is 0 Å². The zero-order valence-corrected chi connectivity index (χ0v) is 12.7. The summed E-state index contributed by atoms with van der Waals surface area (Å²) in [5.41, 5.74) is 3.65. The Morgan fingerprint density at radius 3 is 2.43 bits per heavy atom. The van der Waals surface area contributed by atoms with Gasteiger partial charge in [-0.25, -0.2) is 4.98 Å². The highest BCUT2D eigenvalue weighted by Crippen LogP contribution is 2.23. The smallest absolute Gasteiger partial charge is 0.144 e. The van der Waals surface area contributed by atoms with Crippen LogP contribution in [0.4, 0.5) is 11.5 Å². The van der Waals surface area contributed by atoms with Gasteiger partial charge in [-0.2, -0.15) is 5.26 Å². The quantitative estimate of drug-likeness (QED) is 0.910. The van der Waals surface area contributed by atoms with E-state index < -0.39 is 0 Å². The number of nitriles is 1. The number of nitrogens with zero attached hydrogens (tertiary/aromatic N) is 3. The third kappa shape index (κ3) is 3.51. The first-order valence-corrected chi connectivity index (χ1v) is 7.08. The van der Waals surface area contributed by atoms with Crippen molar-refractivity contribution in [3.63, 3.8) is 0 Å². The number of benzene rings is 1. The fraction of sp³-hybridized carbons (Fsp3) is 0.294. The maximum Gasteiger partial charge on any atom is 0.144 e. The van der Waals surface area contributed by atoms with Gasteiger partial charge in [0.15, 0.2) is 0 Å². The lowest BCUT2D eigenvalue weighted by atomic mass is 10.1. The average molecular weight is 280 g/mol. The fourth-order valence-electron chi connectivity index (χ4n) is 2.02. The zero-order chi connectivity index (χ0) is 15.2. The van der Waals surface area contributed by atoms with E-state index in [1.54, 1.807) is 0 Å². The van der Waals surface area contributed by atoms with Crippen LogP contribution in [0.3, 0.4) is 0 Å². The van der Waals surface area contributed by atoms with Gasteiger partial charge >= 0.3 is 0 Å². The lowest BCUT2D eigenvalue weighted by Crippen LogP contribution is -2.08. The van der Waals surface area contributed by atoms with Crippen molar-refractivity contribution in [1.29, 1.82) is 5.26 Å². The third-order valence-corrected chi connectivity index (χ3v) is 3.24. The van der Waals surface area contributed by atoms with Gasteiger partial charge in [0.1, 0.15) is 11.9 Å². The van der Waals surface area contributed by atoms with E-state index in [1.165, 1.54) is 0 Å². The zero-order valence-electron chi connectivity index (χ0n) is 12.7. The second-order valence-electron chi connectivity index (χ2n) is 5.07. The molecule has 1 heterocycles. The molecular weight excluding hydrogens is 260 g/mol. The van der Waals surface area contributed by atoms with E-state index in [0.29, 0.717) is 11.4 Å². The van der Waals surface area contributed by atoms with Crippen molar-refractivity contribution in [1.82, 2.24) is 4.98 Å². The largest absolute Gasteiger partial charge is 0.378 e. The monoisotopic (exact) mass is 280 g/mol. The van der Waals surface area contributed by atoms with Crippen LogP contribution in [0.15, 0.2) is 36.4 Å². The van der Waals surface area contributed by atoms with Crippen LogP contribution in [-0.2, 0) is 0 Å². The Bertz CT molecular complexity index is 639. The molecule has 1 N–H and O–H groups in total. The maximum atomic E-state index is 9.14. The molecule has 21 heavy (non-hydrogen) atoms. The minimum Gasteiger partial charge on any atom is -0.378 e. The number of nitrogens with one attached hydrogen (secondary N) is 1. The molecule has 0 fully saturated rings. The Hall–Kier alpha value is -2.54. The summed E-state index contributed by atoms with van der Waals surface area (Å²) in [4.78, 5) is 6.64. The molecule has 2 rings (SSSR count). The summed E-state index contributed by atoms with van der Waals surface area (Å²) in [6, 6.07) is 14.1. The first kappa shape index (κ1) is 14.9. The molecule has 2 aromatic rings. The van der Waals surface area contributed by atoms with E-state index >= 15 is 0 Å². The first-order valence-electron chi connectivity index (χ1n) is 7.08. The second kappa shape index (κ2) is 6.76. The molecule has 4 nitrogen and oxygen atoms in total. The van der Waals surface area contributed by atoms with Crippen LogP contribution in [0, 0.1) is 11.3 Å². The van der Waals surface area contributed by atoms with Gasteiger partial charge in [0.05, 0.1) is 11.3 Å². The number of anilines is 2. The van der Waals surface area contributed by atoms with Crippen molar-refractivity contribution in [2.45, 2.75) is 13.3 Å². The standard InChI is InChI=1S/C17H20N4/c1-4-11-19-17-14(12-18)7-10-16(20-17)13-5-8-15(9-6-13)21(2)3/h5-10H,4,11H2,1-3H3,(H,19,20). The molecule has 1 aromatic heterocycles. The minimum atomic E-state index is 0.581. The molecule has 0 spiro atoms. The highest BCUT2D eigenvalue weighted by atomic mass is 15.1. The predicted molar refractivity (Wildman–Crippen MR) is 87.5 cm³/mol.